The van der Waals surface area contributed by atoms with Crippen molar-refractivity contribution in [2.75, 3.05) is 13.1 Å². The van der Waals surface area contributed by atoms with Gasteiger partial charge in [-0.1, -0.05) is 30.3 Å². The van der Waals surface area contributed by atoms with Gasteiger partial charge in [0, 0.05) is 6.54 Å². The van der Waals surface area contributed by atoms with Gasteiger partial charge in [-0.05, 0) is 45.7 Å². The minimum atomic E-state index is -0.443. The number of fused-ring (bicyclic) bond motifs is 1. The Morgan fingerprint density at radius 1 is 1.33 bits per heavy atom. The quantitative estimate of drug-likeness (QED) is 0.864. The lowest BCUT2D eigenvalue weighted by Crippen LogP contribution is -2.47. The summed E-state index contributed by atoms with van der Waals surface area (Å²) >= 11 is 0. The molecular weight excluding hydrogens is 264 g/mol. The van der Waals surface area contributed by atoms with Crippen LogP contribution in [0.2, 0.25) is 0 Å². The molecule has 0 radical (unpaired) electrons. The highest BCUT2D eigenvalue weighted by molar-refractivity contribution is 5.69. The maximum atomic E-state index is 12.5. The molecule has 2 aliphatic rings. The molecule has 2 atom stereocenters. The number of nitrogens with zero attached hydrogens (tertiary/aromatic N) is 1. The topological polar surface area (TPSA) is 41.6 Å². The molecule has 114 valence electrons. The minimum Gasteiger partial charge on any atom is -0.444 e. The first kappa shape index (κ1) is 14.4. The normalized spacial score (nSPS) is 28.5. The molecule has 0 unspecified atom stereocenters. The van der Waals surface area contributed by atoms with Crippen LogP contribution in [-0.4, -0.2) is 35.7 Å². The number of rotatable bonds is 1. The van der Waals surface area contributed by atoms with Crippen LogP contribution in [0.15, 0.2) is 30.3 Å². The van der Waals surface area contributed by atoms with Crippen molar-refractivity contribution in [1.29, 1.82) is 0 Å². The van der Waals surface area contributed by atoms with E-state index in [9.17, 15) is 4.79 Å². The third-order valence-corrected chi connectivity index (χ3v) is 4.47. The predicted octanol–water partition coefficient (Wildman–Crippen LogP) is 2.88. The molecule has 2 heterocycles. The fourth-order valence-electron chi connectivity index (χ4n) is 3.64. The van der Waals surface area contributed by atoms with E-state index in [1.54, 1.807) is 0 Å². The fourth-order valence-corrected chi connectivity index (χ4v) is 3.64. The number of ether oxygens (including phenoxy) is 1. The van der Waals surface area contributed by atoms with E-state index in [1.807, 2.05) is 31.7 Å². The maximum Gasteiger partial charge on any atom is 0.410 e. The molecule has 0 spiro atoms. The first-order chi connectivity index (χ1) is 9.92. The summed E-state index contributed by atoms with van der Waals surface area (Å²) in [5, 5.41) is 3.65. The van der Waals surface area contributed by atoms with Gasteiger partial charge >= 0.3 is 6.09 Å². The van der Waals surface area contributed by atoms with Crippen molar-refractivity contribution in [3.05, 3.63) is 35.9 Å². The van der Waals surface area contributed by atoms with Crippen LogP contribution in [0.4, 0.5) is 4.79 Å². The minimum absolute atomic E-state index is 0.0990. The van der Waals surface area contributed by atoms with E-state index in [2.05, 4.69) is 29.6 Å². The molecule has 2 aliphatic heterocycles. The zero-order chi connectivity index (χ0) is 15.1. The van der Waals surface area contributed by atoms with Crippen LogP contribution in [0.5, 0.6) is 0 Å². The monoisotopic (exact) mass is 288 g/mol. The Morgan fingerprint density at radius 3 is 2.71 bits per heavy atom. The number of hydrogen-bond donors (Lipinski definition) is 1. The molecule has 0 saturated carbocycles. The van der Waals surface area contributed by atoms with Crippen LogP contribution in [0.1, 0.15) is 39.2 Å². The fraction of sp³-hybridized carbons (Fsp3) is 0.588. The first-order valence-corrected chi connectivity index (χ1v) is 7.73. The van der Waals surface area contributed by atoms with Gasteiger partial charge in [0.15, 0.2) is 0 Å². The second kappa shape index (κ2) is 5.02. The highest BCUT2D eigenvalue weighted by Crippen LogP contribution is 2.43. The van der Waals surface area contributed by atoms with Gasteiger partial charge in [0.2, 0.25) is 0 Å². The second-order valence-corrected chi connectivity index (χ2v) is 6.99. The first-order valence-electron chi connectivity index (χ1n) is 7.73. The van der Waals surface area contributed by atoms with Crippen molar-refractivity contribution in [2.24, 2.45) is 0 Å². The van der Waals surface area contributed by atoms with Crippen LogP contribution < -0.4 is 5.32 Å². The van der Waals surface area contributed by atoms with Gasteiger partial charge in [-0.3, -0.25) is 0 Å². The number of hydrogen-bond acceptors (Lipinski definition) is 3. The Kier molecular flexibility index (Phi) is 3.44. The van der Waals surface area contributed by atoms with Crippen LogP contribution in [0.3, 0.4) is 0 Å². The molecule has 1 aromatic rings. The van der Waals surface area contributed by atoms with Crippen molar-refractivity contribution < 1.29 is 9.53 Å². The molecule has 0 bridgehead atoms. The Morgan fingerprint density at radius 2 is 2.05 bits per heavy atom. The molecule has 3 rings (SSSR count). The number of carbonyl (C=O) groups excluding carboxylic acids is 1. The molecular formula is C17H24N2O2. The molecule has 1 amide bonds. The summed E-state index contributed by atoms with van der Waals surface area (Å²) in [7, 11) is 0. The molecule has 0 aliphatic carbocycles. The van der Waals surface area contributed by atoms with Crippen LogP contribution >= 0.6 is 0 Å². The van der Waals surface area contributed by atoms with E-state index in [0.717, 1.165) is 25.9 Å². The lowest BCUT2D eigenvalue weighted by molar-refractivity contribution is 0.0208. The van der Waals surface area contributed by atoms with Gasteiger partial charge < -0.3 is 15.0 Å². The van der Waals surface area contributed by atoms with Crippen LogP contribution in [0, 0.1) is 0 Å². The summed E-state index contributed by atoms with van der Waals surface area (Å²) in [6.07, 6.45) is 1.74. The smallest absolute Gasteiger partial charge is 0.410 e. The van der Waals surface area contributed by atoms with E-state index < -0.39 is 5.60 Å². The molecule has 2 saturated heterocycles. The predicted molar refractivity (Wildman–Crippen MR) is 82.1 cm³/mol. The van der Waals surface area contributed by atoms with Crippen molar-refractivity contribution in [3.63, 3.8) is 0 Å². The molecule has 21 heavy (non-hydrogen) atoms. The standard InChI is InChI=1S/C17H24N2O2/c1-16(2,3)21-15(20)19-12-10-17(14(19)9-11-18-17)13-7-5-4-6-8-13/h4-8,14,18H,9-12H2,1-3H3/t14-,17-/m1/s1. The summed E-state index contributed by atoms with van der Waals surface area (Å²) in [5.74, 6) is 0. The Balaban J connectivity index is 1.85. The van der Waals surface area contributed by atoms with Gasteiger partial charge in [0.25, 0.3) is 0 Å². The van der Waals surface area contributed by atoms with Gasteiger partial charge in [0.1, 0.15) is 5.60 Å². The molecule has 0 aromatic heterocycles. The molecule has 4 heteroatoms. The number of nitrogens with one attached hydrogen (secondary N) is 1. The van der Waals surface area contributed by atoms with Gasteiger partial charge in [-0.15, -0.1) is 0 Å². The number of carbonyl (C=O) groups is 1. The Hall–Kier alpha value is -1.55. The lowest BCUT2D eigenvalue weighted by Gasteiger charge is -2.33. The third-order valence-electron chi connectivity index (χ3n) is 4.47. The van der Waals surface area contributed by atoms with Gasteiger partial charge in [-0.25, -0.2) is 4.79 Å². The SMILES string of the molecule is CC(C)(C)OC(=O)N1CC[C@]2(c3ccccc3)NCC[C@@H]12. The summed E-state index contributed by atoms with van der Waals surface area (Å²) in [6, 6.07) is 10.7. The van der Waals surface area contributed by atoms with Crippen molar-refractivity contribution in [2.45, 2.75) is 50.8 Å². The van der Waals surface area contributed by atoms with E-state index in [0.29, 0.717) is 0 Å². The highest BCUT2D eigenvalue weighted by atomic mass is 16.6. The van der Waals surface area contributed by atoms with E-state index in [4.69, 9.17) is 4.74 Å². The Bertz CT molecular complexity index is 523. The zero-order valence-corrected chi connectivity index (χ0v) is 13.1. The average molecular weight is 288 g/mol. The highest BCUT2D eigenvalue weighted by Gasteiger charge is 2.53. The summed E-state index contributed by atoms with van der Waals surface area (Å²) < 4.78 is 5.57. The van der Waals surface area contributed by atoms with Crippen molar-refractivity contribution in [1.82, 2.24) is 10.2 Å². The summed E-state index contributed by atoms with van der Waals surface area (Å²) in [4.78, 5) is 14.4. The Labute approximate surface area is 126 Å². The lowest BCUT2D eigenvalue weighted by atomic mass is 9.84. The third kappa shape index (κ3) is 2.53. The number of amides is 1. The van der Waals surface area contributed by atoms with E-state index in [-0.39, 0.29) is 17.7 Å². The second-order valence-electron chi connectivity index (χ2n) is 6.99. The maximum absolute atomic E-state index is 12.5. The van der Waals surface area contributed by atoms with E-state index >= 15 is 0 Å². The van der Waals surface area contributed by atoms with Crippen molar-refractivity contribution >= 4 is 6.09 Å². The summed E-state index contributed by atoms with van der Waals surface area (Å²) in [6.45, 7) is 7.44. The number of likely N-dealkylation sites (tertiary alicyclic amines) is 1. The van der Waals surface area contributed by atoms with Crippen LogP contribution in [0.25, 0.3) is 0 Å². The largest absolute Gasteiger partial charge is 0.444 e. The van der Waals surface area contributed by atoms with Gasteiger partial charge in [-0.2, -0.15) is 0 Å². The molecule has 1 aromatic carbocycles. The van der Waals surface area contributed by atoms with Gasteiger partial charge in [0.05, 0.1) is 11.6 Å². The van der Waals surface area contributed by atoms with Crippen molar-refractivity contribution in [3.8, 4) is 0 Å². The molecule has 4 nitrogen and oxygen atoms in total. The van der Waals surface area contributed by atoms with Crippen LogP contribution in [-0.2, 0) is 10.3 Å². The molecule has 2 fully saturated rings. The molecule has 1 N–H and O–H groups in total. The van der Waals surface area contributed by atoms with E-state index in [1.165, 1.54) is 5.56 Å². The average Bonchev–Trinajstić information content (AvgIpc) is 2.96. The summed E-state index contributed by atoms with van der Waals surface area (Å²) in [5.41, 5.74) is 0.734. The number of benzene rings is 1. The zero-order valence-electron chi connectivity index (χ0n) is 13.1.